The summed E-state index contributed by atoms with van der Waals surface area (Å²) in [6, 6.07) is 6.86. The van der Waals surface area contributed by atoms with E-state index in [2.05, 4.69) is 10.8 Å². The molecule has 0 fully saturated rings. The Morgan fingerprint density at radius 2 is 2.16 bits per heavy atom. The summed E-state index contributed by atoms with van der Waals surface area (Å²) >= 11 is 0. The first-order chi connectivity index (χ1) is 8.83. The van der Waals surface area contributed by atoms with Crippen LogP contribution < -0.4 is 15.4 Å². The van der Waals surface area contributed by atoms with E-state index in [1.807, 2.05) is 18.9 Å². The van der Waals surface area contributed by atoms with Crippen molar-refractivity contribution in [2.24, 2.45) is 0 Å². The number of rotatable bonds is 5. The molecule has 0 bridgehead atoms. The molecule has 0 heterocycles. The van der Waals surface area contributed by atoms with Crippen LogP contribution in [-0.4, -0.2) is 28.6 Å². The first kappa shape index (κ1) is 15.3. The van der Waals surface area contributed by atoms with E-state index < -0.39 is 10.0 Å². The minimum absolute atomic E-state index is 0.0242. The molecule has 104 valence electrons. The van der Waals surface area contributed by atoms with Gasteiger partial charge in [-0.3, -0.25) is 0 Å². The van der Waals surface area contributed by atoms with Gasteiger partial charge in [-0.05, 0) is 32.2 Å². The molecule has 0 saturated heterocycles. The van der Waals surface area contributed by atoms with E-state index in [1.54, 1.807) is 12.1 Å². The van der Waals surface area contributed by atoms with Crippen LogP contribution in [-0.2, 0) is 10.0 Å². The van der Waals surface area contributed by atoms with Crippen molar-refractivity contribution in [2.45, 2.75) is 24.3 Å². The second kappa shape index (κ2) is 5.91. The van der Waals surface area contributed by atoms with E-state index >= 15 is 0 Å². The number of benzene rings is 1. The van der Waals surface area contributed by atoms with Crippen molar-refractivity contribution in [2.75, 3.05) is 24.7 Å². The van der Waals surface area contributed by atoms with Gasteiger partial charge in [-0.2, -0.15) is 5.26 Å². The van der Waals surface area contributed by atoms with E-state index in [9.17, 15) is 8.42 Å². The van der Waals surface area contributed by atoms with Crippen molar-refractivity contribution < 1.29 is 8.42 Å². The summed E-state index contributed by atoms with van der Waals surface area (Å²) in [6.07, 6.45) is 0.382. The third-order valence-corrected chi connectivity index (χ3v) is 4.50. The highest BCUT2D eigenvalue weighted by molar-refractivity contribution is 7.89. The molecular weight excluding hydrogens is 264 g/mol. The third kappa shape index (κ3) is 3.36. The highest BCUT2D eigenvalue weighted by atomic mass is 32.2. The lowest BCUT2D eigenvalue weighted by molar-refractivity contribution is 0.588. The molecule has 0 amide bonds. The third-order valence-electron chi connectivity index (χ3n) is 3.01. The second-order valence-corrected chi connectivity index (χ2v) is 6.11. The molecule has 0 aliphatic heterocycles. The number of nitrogens with zero attached hydrogens (tertiary/aromatic N) is 2. The Bertz CT molecular complexity index is 592. The van der Waals surface area contributed by atoms with Crippen LogP contribution in [0.3, 0.4) is 0 Å². The molecule has 1 aromatic rings. The molecule has 0 aliphatic rings. The quantitative estimate of drug-likeness (QED) is 0.782. The van der Waals surface area contributed by atoms with Crippen molar-refractivity contribution in [3.63, 3.8) is 0 Å². The zero-order valence-corrected chi connectivity index (χ0v) is 12.0. The summed E-state index contributed by atoms with van der Waals surface area (Å²) < 4.78 is 25.6. The molecule has 0 spiro atoms. The lowest BCUT2D eigenvalue weighted by Gasteiger charge is -2.25. The van der Waals surface area contributed by atoms with E-state index in [0.717, 1.165) is 5.69 Å². The van der Waals surface area contributed by atoms with E-state index in [0.29, 0.717) is 6.42 Å². The fourth-order valence-corrected chi connectivity index (χ4v) is 2.47. The van der Waals surface area contributed by atoms with Gasteiger partial charge in [0.25, 0.3) is 0 Å². The Kier molecular flexibility index (Phi) is 4.75. The van der Waals surface area contributed by atoms with Crippen LogP contribution in [0.4, 0.5) is 11.4 Å². The number of nitrogens with two attached hydrogens (primary N) is 1. The molecule has 1 rings (SSSR count). The van der Waals surface area contributed by atoms with Crippen LogP contribution in [0.15, 0.2) is 23.1 Å². The van der Waals surface area contributed by atoms with Crippen LogP contribution in [0.2, 0.25) is 0 Å². The Labute approximate surface area is 113 Å². The summed E-state index contributed by atoms with van der Waals surface area (Å²) in [6.45, 7) is 1.91. The number of sulfonamides is 1. The van der Waals surface area contributed by atoms with Gasteiger partial charge in [-0.15, -0.1) is 0 Å². The van der Waals surface area contributed by atoms with Gasteiger partial charge >= 0.3 is 0 Å². The Morgan fingerprint density at radius 3 is 2.63 bits per heavy atom. The molecule has 0 saturated carbocycles. The lowest BCUT2D eigenvalue weighted by atomic mass is 10.2. The zero-order chi connectivity index (χ0) is 14.6. The van der Waals surface area contributed by atoms with Gasteiger partial charge in [-0.1, -0.05) is 0 Å². The Hall–Kier alpha value is -1.78. The number of nitrogen functional groups attached to an aromatic ring is 1. The molecule has 3 N–H and O–H groups in total. The maximum atomic E-state index is 11.7. The average Bonchev–Trinajstić information content (AvgIpc) is 2.37. The van der Waals surface area contributed by atoms with Gasteiger partial charge in [0.2, 0.25) is 10.0 Å². The second-order valence-electron chi connectivity index (χ2n) is 4.25. The van der Waals surface area contributed by atoms with E-state index in [-0.39, 0.29) is 16.6 Å². The van der Waals surface area contributed by atoms with Crippen LogP contribution >= 0.6 is 0 Å². The lowest BCUT2D eigenvalue weighted by Crippen LogP contribution is -2.28. The topological polar surface area (TPSA) is 99.2 Å². The fraction of sp³-hybridized carbons (Fsp3) is 0.417. The summed E-state index contributed by atoms with van der Waals surface area (Å²) in [7, 11) is -0.374. The highest BCUT2D eigenvalue weighted by Crippen LogP contribution is 2.25. The molecule has 6 nitrogen and oxygen atoms in total. The summed E-state index contributed by atoms with van der Waals surface area (Å²) in [5.74, 6) is 0. The first-order valence-electron chi connectivity index (χ1n) is 5.76. The number of hydrogen-bond donors (Lipinski definition) is 2. The maximum absolute atomic E-state index is 11.7. The molecule has 1 unspecified atom stereocenters. The monoisotopic (exact) mass is 282 g/mol. The maximum Gasteiger partial charge on any atom is 0.242 e. The van der Waals surface area contributed by atoms with Crippen LogP contribution in [0.25, 0.3) is 0 Å². The van der Waals surface area contributed by atoms with Crippen LogP contribution in [0, 0.1) is 11.3 Å². The largest absolute Gasteiger partial charge is 0.398 e. The number of hydrogen-bond acceptors (Lipinski definition) is 5. The van der Waals surface area contributed by atoms with Crippen LogP contribution in [0.5, 0.6) is 0 Å². The molecular formula is C12H18N4O2S. The normalized spacial score (nSPS) is 12.7. The van der Waals surface area contributed by atoms with Crippen molar-refractivity contribution in [3.8, 4) is 6.07 Å². The van der Waals surface area contributed by atoms with Gasteiger partial charge in [0.1, 0.15) is 4.90 Å². The van der Waals surface area contributed by atoms with E-state index in [1.165, 1.54) is 13.1 Å². The zero-order valence-electron chi connectivity index (χ0n) is 11.2. The minimum atomic E-state index is -3.55. The summed E-state index contributed by atoms with van der Waals surface area (Å²) in [5, 5.41) is 8.68. The van der Waals surface area contributed by atoms with Gasteiger partial charge in [-0.25, -0.2) is 13.1 Å². The van der Waals surface area contributed by atoms with Crippen molar-refractivity contribution in [1.29, 1.82) is 5.26 Å². The Morgan fingerprint density at radius 1 is 1.53 bits per heavy atom. The van der Waals surface area contributed by atoms with Gasteiger partial charge in [0, 0.05) is 18.8 Å². The standard InChI is InChI=1S/C12H18N4O2S/c1-9(6-7-13)16(3)10-4-5-12(11(14)8-10)19(17,18)15-2/h4-5,8-9,15H,6,14H2,1-3H3. The summed E-state index contributed by atoms with van der Waals surface area (Å²) in [4.78, 5) is 1.94. The predicted octanol–water partition coefficient (Wildman–Crippen LogP) is 0.915. The number of nitrogens with one attached hydrogen (secondary N) is 1. The predicted molar refractivity (Wildman–Crippen MR) is 75.2 cm³/mol. The molecule has 19 heavy (non-hydrogen) atoms. The van der Waals surface area contributed by atoms with Crippen LogP contribution in [0.1, 0.15) is 13.3 Å². The Balaban J connectivity index is 3.11. The number of anilines is 2. The highest BCUT2D eigenvalue weighted by Gasteiger charge is 2.17. The average molecular weight is 282 g/mol. The van der Waals surface area contributed by atoms with E-state index in [4.69, 9.17) is 11.0 Å². The minimum Gasteiger partial charge on any atom is -0.398 e. The fourth-order valence-electron chi connectivity index (χ4n) is 1.63. The first-order valence-corrected chi connectivity index (χ1v) is 7.24. The van der Waals surface area contributed by atoms with Crippen molar-refractivity contribution in [1.82, 2.24) is 4.72 Å². The molecule has 1 aromatic carbocycles. The molecule has 1 atom stereocenters. The van der Waals surface area contributed by atoms with Gasteiger partial charge in [0.05, 0.1) is 18.2 Å². The van der Waals surface area contributed by atoms with Crippen molar-refractivity contribution in [3.05, 3.63) is 18.2 Å². The number of nitriles is 1. The van der Waals surface area contributed by atoms with Crippen molar-refractivity contribution >= 4 is 21.4 Å². The summed E-state index contributed by atoms with van der Waals surface area (Å²) in [5.41, 5.74) is 6.74. The molecule has 0 radical (unpaired) electrons. The molecule has 0 aromatic heterocycles. The molecule has 7 heteroatoms. The SMILES string of the molecule is CNS(=O)(=O)c1ccc(N(C)C(C)CC#N)cc1N. The van der Waals surface area contributed by atoms with Gasteiger partial charge < -0.3 is 10.6 Å². The van der Waals surface area contributed by atoms with Gasteiger partial charge in [0.15, 0.2) is 0 Å². The molecule has 0 aliphatic carbocycles. The smallest absolute Gasteiger partial charge is 0.242 e.